The zero-order chi connectivity index (χ0) is 17.8. The van der Waals surface area contributed by atoms with Crippen molar-refractivity contribution in [3.05, 3.63) is 66.5 Å². The van der Waals surface area contributed by atoms with Gasteiger partial charge in [0, 0.05) is 11.1 Å². The minimum atomic E-state index is -1.60. The second-order valence-corrected chi connectivity index (χ2v) is 4.87. The number of carboxylic acids is 2. The highest BCUT2D eigenvalue weighted by atomic mass is 16.4. The van der Waals surface area contributed by atoms with E-state index in [1.165, 1.54) is 0 Å². The molecule has 0 fully saturated rings. The highest BCUT2D eigenvalue weighted by Gasteiger charge is 2.34. The highest BCUT2D eigenvalue weighted by Crippen LogP contribution is 2.27. The first-order valence-corrected chi connectivity index (χ1v) is 6.33. The van der Waals surface area contributed by atoms with Crippen LogP contribution in [0.1, 0.15) is 52.8 Å². The van der Waals surface area contributed by atoms with Gasteiger partial charge < -0.3 is 20.2 Å². The predicted octanol–water partition coefficient (Wildman–Crippen LogP) is -0.765. The van der Waals surface area contributed by atoms with Gasteiger partial charge in [-0.25, -0.2) is 9.59 Å². The molecule has 0 saturated heterocycles. The van der Waals surface area contributed by atoms with E-state index in [9.17, 15) is 28.8 Å². The fourth-order valence-electron chi connectivity index (χ4n) is 2.40. The van der Waals surface area contributed by atoms with Crippen LogP contribution in [0, 0.1) is 0 Å². The van der Waals surface area contributed by atoms with Gasteiger partial charge in [0.25, 0.3) is 0 Å². The van der Waals surface area contributed by atoms with Crippen molar-refractivity contribution < 1.29 is 29.4 Å². The Balaban J connectivity index is 2.38. The van der Waals surface area contributed by atoms with Crippen LogP contribution in [-0.2, 0) is 0 Å². The molecule has 0 atom stereocenters. The number of aromatic nitrogens is 2. The first-order valence-electron chi connectivity index (χ1n) is 6.33. The quantitative estimate of drug-likeness (QED) is 0.443. The van der Waals surface area contributed by atoms with Gasteiger partial charge in [0.05, 0.1) is 11.1 Å². The van der Waals surface area contributed by atoms with E-state index in [0.29, 0.717) is 0 Å². The number of benzene rings is 1. The summed E-state index contributed by atoms with van der Waals surface area (Å²) in [5.74, 6) is -5.02. The van der Waals surface area contributed by atoms with Crippen molar-refractivity contribution in [2.24, 2.45) is 0 Å². The lowest BCUT2D eigenvalue weighted by Crippen LogP contribution is -2.37. The number of carbonyl (C=O) groups excluding carboxylic acids is 2. The Kier molecular flexibility index (Phi) is 3.04. The van der Waals surface area contributed by atoms with Gasteiger partial charge in [0.1, 0.15) is 11.4 Å². The SMILES string of the molecule is O=C(O)c1cc2c(cc1C(=O)O)C(=O)c1[nH]c(=O)c(=O)[nH]c1C2=O. The molecule has 1 aromatic carbocycles. The van der Waals surface area contributed by atoms with Gasteiger partial charge >= 0.3 is 23.1 Å². The van der Waals surface area contributed by atoms with Crippen LogP contribution in [0.15, 0.2) is 21.7 Å². The fraction of sp³-hybridized carbons (Fsp3) is 0. The van der Waals surface area contributed by atoms with Gasteiger partial charge in [-0.2, -0.15) is 0 Å². The molecule has 0 radical (unpaired) electrons. The summed E-state index contributed by atoms with van der Waals surface area (Å²) in [6.45, 7) is 0. The number of carboxylic acid groups (broad SMARTS) is 2. The Morgan fingerprint density at radius 1 is 0.708 bits per heavy atom. The molecule has 24 heavy (non-hydrogen) atoms. The number of hydrogen-bond donors (Lipinski definition) is 4. The second kappa shape index (κ2) is 4.84. The Labute approximate surface area is 130 Å². The standard InChI is InChI=1S/C14H6N2O8/c17-9-3-1-5(13(21)22)6(14(23)24)2-4(3)10(18)8-7(9)15-11(19)12(20)16-8/h1-2H,(H,15,19)(H,16,20)(H,21,22)(H,23,24). The van der Waals surface area contributed by atoms with Gasteiger partial charge in [-0.15, -0.1) is 0 Å². The smallest absolute Gasteiger partial charge is 0.336 e. The number of aromatic amines is 2. The number of aromatic carboxylic acids is 2. The molecule has 1 aliphatic carbocycles. The summed E-state index contributed by atoms with van der Waals surface area (Å²) in [6.07, 6.45) is 0. The summed E-state index contributed by atoms with van der Waals surface area (Å²) in [7, 11) is 0. The summed E-state index contributed by atoms with van der Waals surface area (Å²) >= 11 is 0. The lowest BCUT2D eigenvalue weighted by Gasteiger charge is -2.17. The normalized spacial score (nSPS) is 12.5. The van der Waals surface area contributed by atoms with Crippen molar-refractivity contribution in [3.63, 3.8) is 0 Å². The number of ketones is 2. The van der Waals surface area contributed by atoms with E-state index < -0.39 is 57.1 Å². The maximum Gasteiger partial charge on any atom is 0.336 e. The number of hydrogen-bond acceptors (Lipinski definition) is 6. The third kappa shape index (κ3) is 1.97. The molecule has 0 spiro atoms. The van der Waals surface area contributed by atoms with Crippen LogP contribution >= 0.6 is 0 Å². The average molecular weight is 330 g/mol. The van der Waals surface area contributed by atoms with Crippen molar-refractivity contribution in [3.8, 4) is 0 Å². The molecule has 0 unspecified atom stereocenters. The molecule has 0 saturated carbocycles. The number of carbonyl (C=O) groups is 4. The van der Waals surface area contributed by atoms with Crippen molar-refractivity contribution in [2.75, 3.05) is 0 Å². The second-order valence-electron chi connectivity index (χ2n) is 4.87. The minimum absolute atomic E-state index is 0.377. The lowest BCUT2D eigenvalue weighted by atomic mass is 9.86. The van der Waals surface area contributed by atoms with E-state index in [0.717, 1.165) is 12.1 Å². The third-order valence-corrected chi connectivity index (χ3v) is 3.50. The predicted molar refractivity (Wildman–Crippen MR) is 74.9 cm³/mol. The largest absolute Gasteiger partial charge is 0.478 e. The summed E-state index contributed by atoms with van der Waals surface area (Å²) in [4.78, 5) is 73.8. The van der Waals surface area contributed by atoms with Crippen molar-refractivity contribution in [1.82, 2.24) is 9.97 Å². The fourth-order valence-corrected chi connectivity index (χ4v) is 2.40. The lowest BCUT2D eigenvalue weighted by molar-refractivity contribution is 0.0651. The van der Waals surface area contributed by atoms with Crippen molar-refractivity contribution in [1.29, 1.82) is 0 Å². The van der Waals surface area contributed by atoms with Crippen molar-refractivity contribution in [2.45, 2.75) is 0 Å². The van der Waals surface area contributed by atoms with E-state index in [1.807, 2.05) is 9.97 Å². The first-order chi connectivity index (χ1) is 11.2. The van der Waals surface area contributed by atoms with E-state index in [4.69, 9.17) is 10.2 Å². The molecule has 1 aliphatic rings. The summed E-state index contributed by atoms with van der Waals surface area (Å²) in [6, 6.07) is 1.52. The summed E-state index contributed by atoms with van der Waals surface area (Å²) in [5, 5.41) is 18.2. The summed E-state index contributed by atoms with van der Waals surface area (Å²) in [5.41, 5.74) is -5.41. The number of fused-ring (bicyclic) bond motifs is 2. The highest BCUT2D eigenvalue weighted by molar-refractivity contribution is 6.27. The van der Waals surface area contributed by atoms with E-state index >= 15 is 0 Å². The Hall–Kier alpha value is -3.82. The van der Waals surface area contributed by atoms with Gasteiger partial charge in [-0.05, 0) is 12.1 Å². The molecule has 0 amide bonds. The number of nitrogens with one attached hydrogen (secondary N) is 2. The van der Waals surface area contributed by atoms with Gasteiger partial charge in [0.15, 0.2) is 0 Å². The van der Waals surface area contributed by atoms with Crippen LogP contribution in [0.3, 0.4) is 0 Å². The molecular formula is C14H6N2O8. The minimum Gasteiger partial charge on any atom is -0.478 e. The molecule has 1 heterocycles. The first kappa shape index (κ1) is 15.1. The van der Waals surface area contributed by atoms with Gasteiger partial charge in [0.2, 0.25) is 11.6 Å². The molecule has 10 heteroatoms. The number of rotatable bonds is 2. The van der Waals surface area contributed by atoms with Gasteiger partial charge in [-0.1, -0.05) is 0 Å². The van der Waals surface area contributed by atoms with Crippen LogP contribution in [0.25, 0.3) is 0 Å². The molecule has 120 valence electrons. The zero-order valence-electron chi connectivity index (χ0n) is 11.5. The molecule has 1 aromatic heterocycles. The molecule has 0 aliphatic heterocycles. The zero-order valence-corrected chi connectivity index (χ0v) is 11.5. The van der Waals surface area contributed by atoms with Crippen molar-refractivity contribution >= 4 is 23.5 Å². The maximum absolute atomic E-state index is 12.4. The molecule has 3 rings (SSSR count). The topological polar surface area (TPSA) is 174 Å². The number of H-pyrrole nitrogens is 2. The van der Waals surface area contributed by atoms with Crippen LogP contribution < -0.4 is 11.1 Å². The molecule has 10 nitrogen and oxygen atoms in total. The monoisotopic (exact) mass is 330 g/mol. The molecule has 2 aromatic rings. The van der Waals surface area contributed by atoms with Gasteiger partial charge in [-0.3, -0.25) is 19.2 Å². The average Bonchev–Trinajstić information content (AvgIpc) is 2.53. The van der Waals surface area contributed by atoms with Crippen LogP contribution in [0.4, 0.5) is 0 Å². The molecule has 0 bridgehead atoms. The summed E-state index contributed by atoms with van der Waals surface area (Å²) < 4.78 is 0. The van der Waals surface area contributed by atoms with Crippen LogP contribution in [0.2, 0.25) is 0 Å². The third-order valence-electron chi connectivity index (χ3n) is 3.50. The maximum atomic E-state index is 12.4. The Morgan fingerprint density at radius 2 is 1.04 bits per heavy atom. The van der Waals surface area contributed by atoms with E-state index in [2.05, 4.69) is 0 Å². The van der Waals surface area contributed by atoms with E-state index in [1.54, 1.807) is 0 Å². The van der Waals surface area contributed by atoms with Crippen LogP contribution in [-0.4, -0.2) is 43.7 Å². The van der Waals surface area contributed by atoms with E-state index in [-0.39, 0.29) is 11.1 Å². The van der Waals surface area contributed by atoms with Crippen LogP contribution in [0.5, 0.6) is 0 Å². The Bertz CT molecular complexity index is 1000. The molecule has 4 N–H and O–H groups in total. The Morgan fingerprint density at radius 3 is 1.33 bits per heavy atom. The molecular weight excluding hydrogens is 324 g/mol.